The number of nitro groups is 1. The molecule has 1 aromatic carbocycles. The summed E-state index contributed by atoms with van der Waals surface area (Å²) in [6.07, 6.45) is 1.40. The van der Waals surface area contributed by atoms with Gasteiger partial charge in [0.1, 0.15) is 0 Å². The molecule has 0 aromatic heterocycles. The maximum absolute atomic E-state index is 11.4. The Bertz CT molecular complexity index is 586. The summed E-state index contributed by atoms with van der Waals surface area (Å²) in [5.41, 5.74) is 0.281. The summed E-state index contributed by atoms with van der Waals surface area (Å²) in [6, 6.07) is 3.89. The first-order chi connectivity index (χ1) is 9.29. The van der Waals surface area contributed by atoms with Gasteiger partial charge in [-0.3, -0.25) is 10.1 Å². The quantitative estimate of drug-likeness (QED) is 0.590. The average molecular weight is 302 g/mol. The fraction of sp³-hybridized carbons (Fsp3) is 0.500. The molecule has 1 aromatic rings. The van der Waals surface area contributed by atoms with Crippen molar-refractivity contribution in [2.24, 2.45) is 0 Å². The molecular weight excluding hydrogens is 284 g/mol. The number of ether oxygens (including phenoxy) is 1. The first-order valence-corrected chi connectivity index (χ1v) is 7.82. The monoisotopic (exact) mass is 302 g/mol. The van der Waals surface area contributed by atoms with Crippen LogP contribution in [0.1, 0.15) is 5.56 Å². The van der Waals surface area contributed by atoms with Crippen LogP contribution in [0.5, 0.6) is 0 Å². The Morgan fingerprint density at radius 2 is 2.10 bits per heavy atom. The van der Waals surface area contributed by atoms with Crippen molar-refractivity contribution >= 4 is 15.5 Å². The zero-order valence-corrected chi connectivity index (χ0v) is 12.4. The van der Waals surface area contributed by atoms with E-state index in [-0.39, 0.29) is 16.6 Å². The van der Waals surface area contributed by atoms with E-state index in [1.807, 2.05) is 0 Å². The van der Waals surface area contributed by atoms with Gasteiger partial charge in [0, 0.05) is 31.0 Å². The van der Waals surface area contributed by atoms with Gasteiger partial charge in [0.05, 0.1) is 16.4 Å². The number of hydrogen-bond donors (Lipinski definition) is 1. The maximum atomic E-state index is 11.4. The molecule has 1 unspecified atom stereocenters. The molecular formula is C12H18N2O5S. The van der Waals surface area contributed by atoms with Crippen molar-refractivity contribution in [2.45, 2.75) is 17.4 Å². The highest BCUT2D eigenvalue weighted by molar-refractivity contribution is 7.90. The van der Waals surface area contributed by atoms with Gasteiger partial charge in [-0.2, -0.15) is 0 Å². The number of likely N-dealkylation sites (N-methyl/N-ethyl adjacent to an activating group) is 1. The van der Waals surface area contributed by atoms with Crippen LogP contribution < -0.4 is 5.32 Å². The Balaban J connectivity index is 3.17. The molecule has 0 fully saturated rings. The van der Waals surface area contributed by atoms with E-state index >= 15 is 0 Å². The predicted octanol–water partition coefficient (Wildman–Crippen LogP) is 0.775. The molecule has 0 aliphatic rings. The Labute approximate surface area is 118 Å². The van der Waals surface area contributed by atoms with Crippen LogP contribution in [0.3, 0.4) is 0 Å². The molecule has 0 spiro atoms. The summed E-state index contributed by atoms with van der Waals surface area (Å²) in [6.45, 7) is 0.404. The van der Waals surface area contributed by atoms with E-state index < -0.39 is 14.8 Å². The van der Waals surface area contributed by atoms with Crippen molar-refractivity contribution in [3.05, 3.63) is 33.9 Å². The third kappa shape index (κ3) is 4.26. The Morgan fingerprint density at radius 3 is 2.55 bits per heavy atom. The molecule has 0 heterocycles. The molecule has 1 atom stereocenters. The molecule has 7 nitrogen and oxygen atoms in total. The van der Waals surface area contributed by atoms with Crippen LogP contribution in [0.2, 0.25) is 0 Å². The molecule has 20 heavy (non-hydrogen) atoms. The highest BCUT2D eigenvalue weighted by Gasteiger charge is 2.20. The summed E-state index contributed by atoms with van der Waals surface area (Å²) in [5.74, 6) is 0. The Hall–Kier alpha value is -1.51. The topological polar surface area (TPSA) is 98.5 Å². The fourth-order valence-corrected chi connectivity index (χ4v) is 2.47. The van der Waals surface area contributed by atoms with Crippen LogP contribution in [0.25, 0.3) is 0 Å². The molecule has 0 radical (unpaired) electrons. The summed E-state index contributed by atoms with van der Waals surface area (Å²) >= 11 is 0. The van der Waals surface area contributed by atoms with Crippen molar-refractivity contribution in [1.29, 1.82) is 0 Å². The summed E-state index contributed by atoms with van der Waals surface area (Å²) in [7, 11) is -0.181. The minimum atomic E-state index is -3.46. The number of nitrogens with zero attached hydrogens (tertiary/aromatic N) is 1. The molecule has 0 aliphatic heterocycles. The lowest BCUT2D eigenvalue weighted by molar-refractivity contribution is -0.385. The Kier molecular flexibility index (Phi) is 5.61. The SMILES string of the molecule is CNC(COC)Cc1ccc(S(C)(=O)=O)cc1[N+](=O)[O-]. The molecule has 0 bridgehead atoms. The molecule has 112 valence electrons. The van der Waals surface area contributed by atoms with Crippen molar-refractivity contribution in [3.63, 3.8) is 0 Å². The van der Waals surface area contributed by atoms with Gasteiger partial charge in [-0.1, -0.05) is 6.07 Å². The van der Waals surface area contributed by atoms with Crippen LogP contribution in [0.4, 0.5) is 5.69 Å². The number of nitro benzene ring substituents is 1. The maximum Gasteiger partial charge on any atom is 0.273 e. The predicted molar refractivity (Wildman–Crippen MR) is 74.6 cm³/mol. The average Bonchev–Trinajstić information content (AvgIpc) is 2.36. The number of hydrogen-bond acceptors (Lipinski definition) is 6. The molecule has 0 saturated heterocycles. The lowest BCUT2D eigenvalue weighted by Crippen LogP contribution is -2.32. The van der Waals surface area contributed by atoms with Crippen LogP contribution in [-0.4, -0.2) is 46.4 Å². The summed E-state index contributed by atoms with van der Waals surface area (Å²) in [4.78, 5) is 10.5. The number of nitrogens with one attached hydrogen (secondary N) is 1. The number of benzene rings is 1. The van der Waals surface area contributed by atoms with Gasteiger partial charge in [-0.25, -0.2) is 8.42 Å². The molecule has 1 rings (SSSR count). The van der Waals surface area contributed by atoms with E-state index in [9.17, 15) is 18.5 Å². The number of sulfone groups is 1. The van der Waals surface area contributed by atoms with Gasteiger partial charge in [0.2, 0.25) is 0 Å². The van der Waals surface area contributed by atoms with Gasteiger partial charge in [0.15, 0.2) is 9.84 Å². The van der Waals surface area contributed by atoms with Gasteiger partial charge in [-0.15, -0.1) is 0 Å². The van der Waals surface area contributed by atoms with E-state index in [0.717, 1.165) is 12.3 Å². The second-order valence-electron chi connectivity index (χ2n) is 4.46. The first kappa shape index (κ1) is 16.5. The minimum Gasteiger partial charge on any atom is -0.383 e. The van der Waals surface area contributed by atoms with Crippen LogP contribution >= 0.6 is 0 Å². The summed E-state index contributed by atoms with van der Waals surface area (Å²) in [5, 5.41) is 14.1. The van der Waals surface area contributed by atoms with Crippen molar-refractivity contribution in [1.82, 2.24) is 5.32 Å². The smallest absolute Gasteiger partial charge is 0.273 e. The van der Waals surface area contributed by atoms with Gasteiger partial charge in [0.25, 0.3) is 5.69 Å². The lowest BCUT2D eigenvalue weighted by Gasteiger charge is -2.15. The van der Waals surface area contributed by atoms with E-state index in [0.29, 0.717) is 18.6 Å². The number of rotatable bonds is 7. The van der Waals surface area contributed by atoms with Crippen LogP contribution in [-0.2, 0) is 21.0 Å². The molecule has 0 amide bonds. The molecule has 1 N–H and O–H groups in total. The second kappa shape index (κ2) is 6.78. The van der Waals surface area contributed by atoms with Crippen molar-refractivity contribution < 1.29 is 18.1 Å². The van der Waals surface area contributed by atoms with Crippen molar-refractivity contribution in [2.75, 3.05) is 27.0 Å². The summed E-state index contributed by atoms with van der Waals surface area (Å²) < 4.78 is 27.9. The van der Waals surface area contributed by atoms with E-state index in [1.165, 1.54) is 12.1 Å². The highest BCUT2D eigenvalue weighted by Crippen LogP contribution is 2.24. The fourth-order valence-electron chi connectivity index (χ4n) is 1.83. The molecule has 0 aliphatic carbocycles. The second-order valence-corrected chi connectivity index (χ2v) is 6.48. The van der Waals surface area contributed by atoms with Gasteiger partial charge < -0.3 is 10.1 Å². The van der Waals surface area contributed by atoms with E-state index in [2.05, 4.69) is 5.32 Å². The van der Waals surface area contributed by atoms with Crippen LogP contribution in [0, 0.1) is 10.1 Å². The third-order valence-corrected chi connectivity index (χ3v) is 4.03. The van der Waals surface area contributed by atoms with E-state index in [1.54, 1.807) is 14.2 Å². The zero-order valence-electron chi connectivity index (χ0n) is 11.6. The number of methoxy groups -OCH3 is 1. The normalized spacial score (nSPS) is 13.2. The van der Waals surface area contributed by atoms with E-state index in [4.69, 9.17) is 4.74 Å². The van der Waals surface area contributed by atoms with Gasteiger partial charge in [-0.05, 0) is 19.5 Å². The molecule has 0 saturated carbocycles. The van der Waals surface area contributed by atoms with Gasteiger partial charge >= 0.3 is 0 Å². The lowest BCUT2D eigenvalue weighted by atomic mass is 10.0. The largest absolute Gasteiger partial charge is 0.383 e. The highest BCUT2D eigenvalue weighted by atomic mass is 32.2. The first-order valence-electron chi connectivity index (χ1n) is 5.93. The minimum absolute atomic E-state index is 0.0549. The zero-order chi connectivity index (χ0) is 15.3. The third-order valence-electron chi connectivity index (χ3n) is 2.92. The standard InChI is InChI=1S/C12H18N2O5S/c1-13-10(8-19-2)6-9-4-5-11(20(3,17)18)7-12(9)14(15)16/h4-5,7,10,13H,6,8H2,1-3H3. The molecule has 8 heteroatoms. The van der Waals surface area contributed by atoms with Crippen molar-refractivity contribution in [3.8, 4) is 0 Å². The van der Waals surface area contributed by atoms with Crippen LogP contribution in [0.15, 0.2) is 23.1 Å². The Morgan fingerprint density at radius 1 is 1.45 bits per heavy atom.